The molecule has 0 aromatic heterocycles. The highest BCUT2D eigenvalue weighted by Gasteiger charge is 2.24. The fourth-order valence-corrected chi connectivity index (χ4v) is 1.92. The molecule has 6 nitrogen and oxygen atoms in total. The summed E-state index contributed by atoms with van der Waals surface area (Å²) in [4.78, 5) is 23.3. The molecular formula is C15H21N3O3. The summed E-state index contributed by atoms with van der Waals surface area (Å²) in [5.74, 6) is 0.777. The van der Waals surface area contributed by atoms with Gasteiger partial charge >= 0.3 is 0 Å². The summed E-state index contributed by atoms with van der Waals surface area (Å²) >= 11 is 0. The lowest BCUT2D eigenvalue weighted by atomic mass is 10.2. The Morgan fingerprint density at radius 3 is 2.86 bits per heavy atom. The predicted octanol–water partition coefficient (Wildman–Crippen LogP) is 0.748. The van der Waals surface area contributed by atoms with Crippen LogP contribution in [0.25, 0.3) is 0 Å². The zero-order chi connectivity index (χ0) is 15.2. The third-order valence-electron chi connectivity index (χ3n) is 3.05. The number of anilines is 1. The van der Waals surface area contributed by atoms with Gasteiger partial charge in [-0.3, -0.25) is 14.9 Å². The van der Waals surface area contributed by atoms with Crippen LogP contribution in [0.15, 0.2) is 24.3 Å². The van der Waals surface area contributed by atoms with Crippen molar-refractivity contribution < 1.29 is 14.3 Å². The SMILES string of the molecule is CC(C)COc1ccccc1NC(=O)C1CNC(=O)CN1. The van der Waals surface area contributed by atoms with Crippen molar-refractivity contribution in [3.8, 4) is 5.75 Å². The molecule has 2 rings (SSSR count). The molecule has 3 N–H and O–H groups in total. The quantitative estimate of drug-likeness (QED) is 0.748. The molecule has 21 heavy (non-hydrogen) atoms. The van der Waals surface area contributed by atoms with E-state index in [1.165, 1.54) is 0 Å². The van der Waals surface area contributed by atoms with E-state index in [0.29, 0.717) is 30.5 Å². The number of hydrogen-bond donors (Lipinski definition) is 3. The number of carbonyl (C=O) groups is 2. The van der Waals surface area contributed by atoms with Crippen molar-refractivity contribution in [2.24, 2.45) is 5.92 Å². The topological polar surface area (TPSA) is 79.5 Å². The van der Waals surface area contributed by atoms with Gasteiger partial charge in [-0.05, 0) is 18.1 Å². The summed E-state index contributed by atoms with van der Waals surface area (Å²) in [6.07, 6.45) is 0. The molecule has 1 aromatic rings. The Labute approximate surface area is 124 Å². The molecule has 1 aliphatic heterocycles. The average molecular weight is 291 g/mol. The molecule has 0 aliphatic carbocycles. The Hall–Kier alpha value is -2.08. The van der Waals surface area contributed by atoms with Crippen LogP contribution in [0.4, 0.5) is 5.69 Å². The molecule has 0 bridgehead atoms. The molecule has 114 valence electrons. The number of rotatable bonds is 5. The van der Waals surface area contributed by atoms with Crippen LogP contribution in [0.5, 0.6) is 5.75 Å². The van der Waals surface area contributed by atoms with Crippen LogP contribution >= 0.6 is 0 Å². The summed E-state index contributed by atoms with van der Waals surface area (Å²) in [6, 6.07) is 6.90. The molecule has 1 heterocycles. The second-order valence-electron chi connectivity index (χ2n) is 5.43. The minimum atomic E-state index is -0.430. The van der Waals surface area contributed by atoms with E-state index in [4.69, 9.17) is 4.74 Å². The highest BCUT2D eigenvalue weighted by molar-refractivity contribution is 5.97. The lowest BCUT2D eigenvalue weighted by Crippen LogP contribution is -2.56. The zero-order valence-corrected chi connectivity index (χ0v) is 12.3. The number of piperazine rings is 1. The van der Waals surface area contributed by atoms with Crippen LogP contribution in [0, 0.1) is 5.92 Å². The summed E-state index contributed by atoms with van der Waals surface area (Å²) in [6.45, 7) is 5.17. The fraction of sp³-hybridized carbons (Fsp3) is 0.467. The van der Waals surface area contributed by atoms with E-state index in [9.17, 15) is 9.59 Å². The van der Waals surface area contributed by atoms with Gasteiger partial charge in [0.15, 0.2) is 0 Å². The van der Waals surface area contributed by atoms with Crippen molar-refractivity contribution in [3.05, 3.63) is 24.3 Å². The summed E-state index contributed by atoms with van der Waals surface area (Å²) in [7, 11) is 0. The van der Waals surface area contributed by atoms with Gasteiger partial charge < -0.3 is 15.4 Å². The van der Waals surface area contributed by atoms with E-state index in [1.54, 1.807) is 6.07 Å². The number of para-hydroxylation sites is 2. The Bertz CT molecular complexity index is 507. The van der Waals surface area contributed by atoms with E-state index in [0.717, 1.165) is 0 Å². The highest BCUT2D eigenvalue weighted by atomic mass is 16.5. The number of hydrogen-bond acceptors (Lipinski definition) is 4. The van der Waals surface area contributed by atoms with Gasteiger partial charge in [0, 0.05) is 6.54 Å². The third kappa shape index (κ3) is 4.46. The molecule has 0 radical (unpaired) electrons. The van der Waals surface area contributed by atoms with Crippen molar-refractivity contribution >= 4 is 17.5 Å². The van der Waals surface area contributed by atoms with Gasteiger partial charge in [0.1, 0.15) is 11.8 Å². The molecule has 0 saturated carbocycles. The van der Waals surface area contributed by atoms with Crippen molar-refractivity contribution in [2.75, 3.05) is 25.0 Å². The van der Waals surface area contributed by atoms with E-state index in [-0.39, 0.29) is 18.4 Å². The average Bonchev–Trinajstić information content (AvgIpc) is 2.47. The summed E-state index contributed by atoms with van der Waals surface area (Å²) in [5.41, 5.74) is 0.641. The lowest BCUT2D eigenvalue weighted by molar-refractivity contribution is -0.124. The Balaban J connectivity index is 1.98. The van der Waals surface area contributed by atoms with Crippen LogP contribution in [0.3, 0.4) is 0 Å². The lowest BCUT2D eigenvalue weighted by Gasteiger charge is -2.23. The maximum absolute atomic E-state index is 12.2. The van der Waals surface area contributed by atoms with Crippen LogP contribution in [0.2, 0.25) is 0 Å². The molecule has 0 spiro atoms. The van der Waals surface area contributed by atoms with E-state index < -0.39 is 6.04 Å². The Kier molecular flexibility index (Phi) is 5.16. The van der Waals surface area contributed by atoms with E-state index >= 15 is 0 Å². The fourth-order valence-electron chi connectivity index (χ4n) is 1.92. The smallest absolute Gasteiger partial charge is 0.243 e. The zero-order valence-electron chi connectivity index (χ0n) is 12.3. The number of benzene rings is 1. The first-order valence-electron chi connectivity index (χ1n) is 7.09. The van der Waals surface area contributed by atoms with E-state index in [1.807, 2.05) is 18.2 Å². The molecule has 1 atom stereocenters. The Morgan fingerprint density at radius 2 is 2.19 bits per heavy atom. The first-order valence-corrected chi connectivity index (χ1v) is 7.09. The Morgan fingerprint density at radius 1 is 1.43 bits per heavy atom. The van der Waals surface area contributed by atoms with Gasteiger partial charge in [-0.25, -0.2) is 0 Å². The van der Waals surface area contributed by atoms with Gasteiger partial charge in [0.2, 0.25) is 11.8 Å². The van der Waals surface area contributed by atoms with Crippen LogP contribution in [-0.2, 0) is 9.59 Å². The summed E-state index contributed by atoms with van der Waals surface area (Å²) in [5, 5.41) is 8.39. The normalized spacial score (nSPS) is 18.2. The minimum absolute atomic E-state index is 0.0975. The first kappa shape index (κ1) is 15.3. The number of amides is 2. The van der Waals surface area contributed by atoms with Gasteiger partial charge in [-0.1, -0.05) is 26.0 Å². The van der Waals surface area contributed by atoms with Crippen LogP contribution in [-0.4, -0.2) is 37.6 Å². The van der Waals surface area contributed by atoms with Gasteiger partial charge in [0.25, 0.3) is 0 Å². The van der Waals surface area contributed by atoms with Crippen molar-refractivity contribution in [1.82, 2.24) is 10.6 Å². The number of ether oxygens (including phenoxy) is 1. The highest BCUT2D eigenvalue weighted by Crippen LogP contribution is 2.24. The van der Waals surface area contributed by atoms with Gasteiger partial charge in [-0.15, -0.1) is 0 Å². The van der Waals surface area contributed by atoms with Gasteiger partial charge in [-0.2, -0.15) is 0 Å². The molecule has 1 fully saturated rings. The van der Waals surface area contributed by atoms with Crippen molar-refractivity contribution in [3.63, 3.8) is 0 Å². The number of nitrogens with one attached hydrogen (secondary N) is 3. The maximum Gasteiger partial charge on any atom is 0.243 e. The molecule has 1 saturated heterocycles. The molecule has 1 unspecified atom stereocenters. The molecule has 1 aromatic carbocycles. The monoisotopic (exact) mass is 291 g/mol. The minimum Gasteiger partial charge on any atom is -0.491 e. The van der Waals surface area contributed by atoms with E-state index in [2.05, 4.69) is 29.8 Å². The first-order chi connectivity index (χ1) is 10.1. The molecule has 1 aliphatic rings. The number of carbonyl (C=O) groups excluding carboxylic acids is 2. The van der Waals surface area contributed by atoms with Gasteiger partial charge in [0.05, 0.1) is 18.8 Å². The predicted molar refractivity (Wildman–Crippen MR) is 80.2 cm³/mol. The summed E-state index contributed by atoms with van der Waals surface area (Å²) < 4.78 is 5.70. The third-order valence-corrected chi connectivity index (χ3v) is 3.05. The molecule has 6 heteroatoms. The van der Waals surface area contributed by atoms with Crippen molar-refractivity contribution in [1.29, 1.82) is 0 Å². The van der Waals surface area contributed by atoms with Crippen molar-refractivity contribution in [2.45, 2.75) is 19.9 Å². The molecular weight excluding hydrogens is 270 g/mol. The maximum atomic E-state index is 12.2. The van der Waals surface area contributed by atoms with Crippen LogP contribution in [0.1, 0.15) is 13.8 Å². The standard InChI is InChI=1S/C15H21N3O3/c1-10(2)9-21-13-6-4-3-5-11(13)18-15(20)12-7-17-14(19)8-16-12/h3-6,10,12,16H,7-9H2,1-2H3,(H,17,19)(H,18,20). The molecule has 2 amide bonds. The van der Waals surface area contributed by atoms with Crippen LogP contribution < -0.4 is 20.7 Å². The second-order valence-corrected chi connectivity index (χ2v) is 5.43. The second kappa shape index (κ2) is 7.08. The largest absolute Gasteiger partial charge is 0.491 e.